The Labute approximate surface area is 175 Å². The molecule has 5 nitrogen and oxygen atoms in total. The van der Waals surface area contributed by atoms with E-state index in [4.69, 9.17) is 11.6 Å². The number of aryl methyl sites for hydroxylation is 2. The molecular formula is C22H21ClN2O3S. The van der Waals surface area contributed by atoms with Crippen LogP contribution in [0.2, 0.25) is 5.02 Å². The van der Waals surface area contributed by atoms with Crippen molar-refractivity contribution in [1.29, 1.82) is 0 Å². The molecule has 0 aliphatic rings. The molecule has 150 valence electrons. The Bertz CT molecular complexity index is 1190. The van der Waals surface area contributed by atoms with Crippen molar-refractivity contribution in [3.63, 3.8) is 0 Å². The summed E-state index contributed by atoms with van der Waals surface area (Å²) in [5.74, 6) is -0.476. The SMILES string of the molecule is Cc1cccc(NS(=O)(=O)c2ccc(Cl)c(C(=O)Nc3cccc(C)c3C)c2)c1. The molecule has 3 rings (SSSR count). The molecule has 0 radical (unpaired) electrons. The van der Waals surface area contributed by atoms with Gasteiger partial charge >= 0.3 is 0 Å². The van der Waals surface area contributed by atoms with Crippen molar-refractivity contribution in [2.75, 3.05) is 10.0 Å². The topological polar surface area (TPSA) is 75.3 Å². The van der Waals surface area contributed by atoms with Crippen molar-refractivity contribution in [3.05, 3.63) is 87.9 Å². The fourth-order valence-electron chi connectivity index (χ4n) is 2.84. The van der Waals surface area contributed by atoms with Crippen LogP contribution in [0.15, 0.2) is 65.6 Å². The number of amides is 1. The first-order valence-corrected chi connectivity index (χ1v) is 10.8. The van der Waals surface area contributed by atoms with E-state index in [0.717, 1.165) is 16.7 Å². The van der Waals surface area contributed by atoms with E-state index < -0.39 is 15.9 Å². The number of carbonyl (C=O) groups is 1. The second-order valence-corrected chi connectivity index (χ2v) is 8.91. The normalized spacial score (nSPS) is 11.2. The van der Waals surface area contributed by atoms with Gasteiger partial charge in [-0.05, 0) is 73.9 Å². The molecule has 0 aliphatic carbocycles. The first kappa shape index (κ1) is 20.9. The standard InChI is InChI=1S/C22H21ClN2O3S/c1-14-6-4-8-17(12-14)25-29(27,28)18-10-11-20(23)19(13-18)22(26)24-21-9-5-7-15(2)16(21)3/h4-13,25H,1-3H3,(H,24,26). The fourth-order valence-corrected chi connectivity index (χ4v) is 4.12. The molecule has 1 amide bonds. The average Bonchev–Trinajstić information content (AvgIpc) is 2.65. The lowest BCUT2D eigenvalue weighted by Gasteiger charge is -2.13. The lowest BCUT2D eigenvalue weighted by molar-refractivity contribution is 0.102. The number of hydrogen-bond acceptors (Lipinski definition) is 3. The van der Waals surface area contributed by atoms with Crippen LogP contribution in [0.1, 0.15) is 27.0 Å². The molecule has 7 heteroatoms. The summed E-state index contributed by atoms with van der Waals surface area (Å²) >= 11 is 6.18. The molecule has 0 aromatic heterocycles. The Morgan fingerprint density at radius 1 is 0.931 bits per heavy atom. The second-order valence-electron chi connectivity index (χ2n) is 6.82. The highest BCUT2D eigenvalue weighted by Gasteiger charge is 2.19. The van der Waals surface area contributed by atoms with Gasteiger partial charge in [-0.25, -0.2) is 8.42 Å². The Balaban J connectivity index is 1.91. The highest BCUT2D eigenvalue weighted by Crippen LogP contribution is 2.25. The quantitative estimate of drug-likeness (QED) is 0.577. The van der Waals surface area contributed by atoms with E-state index >= 15 is 0 Å². The molecule has 3 aromatic rings. The van der Waals surface area contributed by atoms with Crippen LogP contribution in [0, 0.1) is 20.8 Å². The predicted octanol–water partition coefficient (Wildman–Crippen LogP) is 5.32. The van der Waals surface area contributed by atoms with Crippen molar-refractivity contribution < 1.29 is 13.2 Å². The Morgan fingerprint density at radius 3 is 2.38 bits per heavy atom. The summed E-state index contributed by atoms with van der Waals surface area (Å²) in [5, 5.41) is 2.97. The summed E-state index contributed by atoms with van der Waals surface area (Å²) in [6, 6.07) is 16.6. The highest BCUT2D eigenvalue weighted by atomic mass is 35.5. The minimum atomic E-state index is -3.88. The minimum absolute atomic E-state index is 0.0467. The third kappa shape index (κ3) is 4.78. The Kier molecular flexibility index (Phi) is 5.96. The number of rotatable bonds is 5. The molecule has 0 saturated carbocycles. The first-order chi connectivity index (χ1) is 13.7. The van der Waals surface area contributed by atoms with Crippen LogP contribution in [0.4, 0.5) is 11.4 Å². The minimum Gasteiger partial charge on any atom is -0.322 e. The van der Waals surface area contributed by atoms with E-state index in [9.17, 15) is 13.2 Å². The van der Waals surface area contributed by atoms with Crippen molar-refractivity contribution in [3.8, 4) is 0 Å². The zero-order valence-electron chi connectivity index (χ0n) is 16.3. The number of sulfonamides is 1. The average molecular weight is 429 g/mol. The summed E-state index contributed by atoms with van der Waals surface area (Å²) < 4.78 is 28.1. The lowest BCUT2D eigenvalue weighted by Crippen LogP contribution is -2.17. The van der Waals surface area contributed by atoms with Crippen molar-refractivity contribution in [2.24, 2.45) is 0 Å². The largest absolute Gasteiger partial charge is 0.322 e. The molecule has 0 heterocycles. The van der Waals surface area contributed by atoms with Gasteiger partial charge in [-0.2, -0.15) is 0 Å². The third-order valence-corrected chi connectivity index (χ3v) is 6.32. The van der Waals surface area contributed by atoms with Crippen molar-refractivity contribution in [1.82, 2.24) is 0 Å². The van der Waals surface area contributed by atoms with Gasteiger partial charge in [0.1, 0.15) is 0 Å². The van der Waals surface area contributed by atoms with Gasteiger partial charge in [0, 0.05) is 11.4 Å². The highest BCUT2D eigenvalue weighted by molar-refractivity contribution is 7.92. The molecule has 0 aliphatic heterocycles. The lowest BCUT2D eigenvalue weighted by atomic mass is 10.1. The van der Waals surface area contributed by atoms with Crippen LogP contribution < -0.4 is 10.0 Å². The molecule has 0 spiro atoms. The van der Waals surface area contributed by atoms with Crippen LogP contribution >= 0.6 is 11.6 Å². The van der Waals surface area contributed by atoms with Gasteiger partial charge in [-0.1, -0.05) is 35.9 Å². The molecular weight excluding hydrogens is 408 g/mol. The van der Waals surface area contributed by atoms with E-state index in [-0.39, 0.29) is 15.5 Å². The summed E-state index contributed by atoms with van der Waals surface area (Å²) in [6.45, 7) is 5.72. The van der Waals surface area contributed by atoms with Gasteiger partial charge < -0.3 is 5.32 Å². The molecule has 2 N–H and O–H groups in total. The summed E-state index contributed by atoms with van der Waals surface area (Å²) in [4.78, 5) is 12.7. The van der Waals surface area contributed by atoms with Crippen LogP contribution in [-0.2, 0) is 10.0 Å². The predicted molar refractivity (Wildman–Crippen MR) is 117 cm³/mol. The molecule has 0 fully saturated rings. The first-order valence-electron chi connectivity index (χ1n) is 8.94. The molecule has 0 saturated heterocycles. The second kappa shape index (κ2) is 8.27. The van der Waals surface area contributed by atoms with E-state index in [1.165, 1.54) is 18.2 Å². The van der Waals surface area contributed by atoms with E-state index in [1.54, 1.807) is 24.3 Å². The van der Waals surface area contributed by atoms with E-state index in [2.05, 4.69) is 10.0 Å². The van der Waals surface area contributed by atoms with Crippen LogP contribution in [0.25, 0.3) is 0 Å². The van der Waals surface area contributed by atoms with Gasteiger partial charge in [-0.15, -0.1) is 0 Å². The number of hydrogen-bond donors (Lipinski definition) is 2. The number of halogens is 1. The Hall–Kier alpha value is -2.83. The molecule has 0 atom stereocenters. The van der Waals surface area contributed by atoms with E-state index in [0.29, 0.717) is 11.4 Å². The monoisotopic (exact) mass is 428 g/mol. The summed E-state index contributed by atoms with van der Waals surface area (Å²) in [6.07, 6.45) is 0. The maximum Gasteiger partial charge on any atom is 0.261 e. The third-order valence-electron chi connectivity index (χ3n) is 4.62. The number of nitrogens with one attached hydrogen (secondary N) is 2. The summed E-state index contributed by atoms with van der Waals surface area (Å²) in [7, 11) is -3.88. The number of benzene rings is 3. The summed E-state index contributed by atoms with van der Waals surface area (Å²) in [5.41, 5.74) is 4.07. The van der Waals surface area contributed by atoms with Crippen molar-refractivity contribution in [2.45, 2.75) is 25.7 Å². The van der Waals surface area contributed by atoms with Crippen LogP contribution in [-0.4, -0.2) is 14.3 Å². The zero-order chi connectivity index (χ0) is 21.2. The van der Waals surface area contributed by atoms with Gasteiger partial charge in [-0.3, -0.25) is 9.52 Å². The van der Waals surface area contributed by atoms with E-state index in [1.807, 2.05) is 39.0 Å². The van der Waals surface area contributed by atoms with Gasteiger partial charge in [0.05, 0.1) is 15.5 Å². The fraction of sp³-hybridized carbons (Fsp3) is 0.136. The maximum atomic E-state index is 12.8. The Morgan fingerprint density at radius 2 is 1.66 bits per heavy atom. The molecule has 0 unspecified atom stereocenters. The van der Waals surface area contributed by atoms with Crippen LogP contribution in [0.5, 0.6) is 0 Å². The smallest absolute Gasteiger partial charge is 0.261 e. The molecule has 3 aromatic carbocycles. The van der Waals surface area contributed by atoms with Crippen LogP contribution in [0.3, 0.4) is 0 Å². The number of carbonyl (C=O) groups excluding carboxylic acids is 1. The molecule has 29 heavy (non-hydrogen) atoms. The number of anilines is 2. The maximum absolute atomic E-state index is 12.8. The zero-order valence-corrected chi connectivity index (χ0v) is 17.9. The van der Waals surface area contributed by atoms with Gasteiger partial charge in [0.25, 0.3) is 15.9 Å². The van der Waals surface area contributed by atoms with Gasteiger partial charge in [0.15, 0.2) is 0 Å². The van der Waals surface area contributed by atoms with Gasteiger partial charge in [0.2, 0.25) is 0 Å². The van der Waals surface area contributed by atoms with Crippen molar-refractivity contribution >= 4 is 38.9 Å². The molecule has 0 bridgehead atoms.